The van der Waals surface area contributed by atoms with Gasteiger partial charge in [-0.25, -0.2) is 0 Å². The van der Waals surface area contributed by atoms with E-state index in [2.05, 4.69) is 29.6 Å². The monoisotopic (exact) mass is 302 g/mol. The molecule has 0 aromatic heterocycles. The van der Waals surface area contributed by atoms with Crippen LogP contribution in [0.1, 0.15) is 45.1 Å². The van der Waals surface area contributed by atoms with Crippen molar-refractivity contribution in [3.05, 3.63) is 35.9 Å². The van der Waals surface area contributed by atoms with Gasteiger partial charge in [0.2, 0.25) is 11.8 Å². The maximum Gasteiger partial charge on any atom is 0.241 e. The first-order chi connectivity index (χ1) is 10.4. The van der Waals surface area contributed by atoms with Gasteiger partial charge >= 0.3 is 0 Å². The van der Waals surface area contributed by atoms with Crippen LogP contribution in [0.25, 0.3) is 0 Å². The Balaban J connectivity index is 1.79. The smallest absolute Gasteiger partial charge is 0.241 e. The third-order valence-corrected chi connectivity index (χ3v) is 4.20. The van der Waals surface area contributed by atoms with E-state index in [-0.39, 0.29) is 18.4 Å². The first-order valence-corrected chi connectivity index (χ1v) is 7.99. The Morgan fingerprint density at radius 1 is 1.14 bits per heavy atom. The van der Waals surface area contributed by atoms with Gasteiger partial charge in [0.15, 0.2) is 0 Å². The van der Waals surface area contributed by atoms with Gasteiger partial charge in [-0.2, -0.15) is 0 Å². The molecule has 0 aliphatic carbocycles. The van der Waals surface area contributed by atoms with E-state index in [4.69, 9.17) is 0 Å². The minimum atomic E-state index is -0.458. The van der Waals surface area contributed by atoms with Gasteiger partial charge in [-0.3, -0.25) is 9.59 Å². The van der Waals surface area contributed by atoms with Crippen molar-refractivity contribution in [1.82, 2.24) is 10.2 Å². The molecule has 0 atom stereocenters. The minimum absolute atomic E-state index is 0.0177. The first-order valence-electron chi connectivity index (χ1n) is 7.99. The number of piperidine rings is 1. The summed E-state index contributed by atoms with van der Waals surface area (Å²) in [5, 5.41) is 2.73. The highest BCUT2D eigenvalue weighted by Gasteiger charge is 2.25. The van der Waals surface area contributed by atoms with E-state index in [0.717, 1.165) is 25.9 Å². The van der Waals surface area contributed by atoms with E-state index in [1.54, 1.807) is 0 Å². The Hall–Kier alpha value is -1.84. The van der Waals surface area contributed by atoms with Crippen molar-refractivity contribution in [3.8, 4) is 0 Å². The van der Waals surface area contributed by atoms with Gasteiger partial charge in [-0.15, -0.1) is 0 Å². The van der Waals surface area contributed by atoms with Crippen LogP contribution >= 0.6 is 0 Å². The van der Waals surface area contributed by atoms with Crippen molar-refractivity contribution >= 4 is 11.8 Å². The second-order valence-electron chi connectivity index (χ2n) is 7.00. The lowest BCUT2D eigenvalue weighted by molar-refractivity contribution is -0.135. The Bertz CT molecular complexity index is 512. The Kier molecular flexibility index (Phi) is 5.22. The maximum atomic E-state index is 12.2. The fourth-order valence-electron chi connectivity index (χ4n) is 2.72. The predicted octanol–water partition coefficient (Wildman–Crippen LogP) is 2.55. The summed E-state index contributed by atoms with van der Waals surface area (Å²) in [6, 6.07) is 10.5. The van der Waals surface area contributed by atoms with Crippen LogP contribution < -0.4 is 5.32 Å². The number of rotatable bonds is 3. The molecule has 0 unspecified atom stereocenters. The van der Waals surface area contributed by atoms with Gasteiger partial charge < -0.3 is 10.2 Å². The van der Waals surface area contributed by atoms with Gasteiger partial charge in [-0.1, -0.05) is 51.1 Å². The number of carbonyl (C=O) groups excluding carboxylic acids is 2. The fourth-order valence-corrected chi connectivity index (χ4v) is 2.72. The van der Waals surface area contributed by atoms with Crippen molar-refractivity contribution < 1.29 is 9.59 Å². The summed E-state index contributed by atoms with van der Waals surface area (Å²) >= 11 is 0. The summed E-state index contributed by atoms with van der Waals surface area (Å²) in [5.41, 5.74) is 0.899. The van der Waals surface area contributed by atoms with Gasteiger partial charge in [0.25, 0.3) is 0 Å². The molecule has 4 nitrogen and oxygen atoms in total. The SMILES string of the molecule is CC(C)(C)C(=O)NCC(=O)N1CCC(c2ccccc2)CC1. The van der Waals surface area contributed by atoms with Crippen molar-refractivity contribution in [3.63, 3.8) is 0 Å². The van der Waals surface area contributed by atoms with Crippen LogP contribution in [-0.2, 0) is 9.59 Å². The minimum Gasteiger partial charge on any atom is -0.347 e. The van der Waals surface area contributed by atoms with Crippen LogP contribution in [-0.4, -0.2) is 36.3 Å². The summed E-state index contributed by atoms with van der Waals surface area (Å²) in [7, 11) is 0. The normalized spacial score (nSPS) is 16.4. The number of benzene rings is 1. The lowest BCUT2D eigenvalue weighted by atomic mass is 9.89. The lowest BCUT2D eigenvalue weighted by Gasteiger charge is -2.32. The Morgan fingerprint density at radius 2 is 1.73 bits per heavy atom. The van der Waals surface area contributed by atoms with Crippen LogP contribution in [0.15, 0.2) is 30.3 Å². The zero-order valence-corrected chi connectivity index (χ0v) is 13.8. The molecule has 22 heavy (non-hydrogen) atoms. The fraction of sp³-hybridized carbons (Fsp3) is 0.556. The molecule has 0 spiro atoms. The Labute approximate surface area is 132 Å². The molecular formula is C18H26N2O2. The van der Waals surface area contributed by atoms with Gasteiger partial charge in [0.05, 0.1) is 6.54 Å². The van der Waals surface area contributed by atoms with Crippen LogP contribution in [0.2, 0.25) is 0 Å². The van der Waals surface area contributed by atoms with E-state index in [0.29, 0.717) is 5.92 Å². The summed E-state index contributed by atoms with van der Waals surface area (Å²) in [6.07, 6.45) is 1.98. The lowest BCUT2D eigenvalue weighted by Crippen LogP contribution is -2.45. The van der Waals surface area contributed by atoms with Gasteiger partial charge in [0, 0.05) is 18.5 Å². The largest absolute Gasteiger partial charge is 0.347 e. The molecule has 2 amide bonds. The standard InChI is InChI=1S/C18H26N2O2/c1-18(2,3)17(22)19-13-16(21)20-11-9-15(10-12-20)14-7-5-4-6-8-14/h4-8,15H,9-13H2,1-3H3,(H,19,22). The number of nitrogens with one attached hydrogen (secondary N) is 1. The maximum absolute atomic E-state index is 12.2. The Morgan fingerprint density at radius 3 is 2.27 bits per heavy atom. The third kappa shape index (κ3) is 4.33. The number of likely N-dealkylation sites (tertiary alicyclic amines) is 1. The van der Waals surface area contributed by atoms with E-state index in [1.165, 1.54) is 5.56 Å². The van der Waals surface area contributed by atoms with Gasteiger partial charge in [-0.05, 0) is 24.3 Å². The summed E-state index contributed by atoms with van der Waals surface area (Å²) < 4.78 is 0. The highest BCUT2D eigenvalue weighted by atomic mass is 16.2. The molecule has 0 saturated carbocycles. The second-order valence-corrected chi connectivity index (χ2v) is 7.00. The number of amides is 2. The molecule has 0 bridgehead atoms. The van der Waals surface area contributed by atoms with Crippen LogP contribution in [0, 0.1) is 5.41 Å². The van der Waals surface area contributed by atoms with Crippen molar-refractivity contribution in [2.45, 2.75) is 39.5 Å². The number of hydrogen-bond donors (Lipinski definition) is 1. The van der Waals surface area contributed by atoms with Crippen molar-refractivity contribution in [1.29, 1.82) is 0 Å². The van der Waals surface area contributed by atoms with Crippen LogP contribution in [0.3, 0.4) is 0 Å². The molecule has 2 rings (SSSR count). The summed E-state index contributed by atoms with van der Waals surface area (Å²) in [4.78, 5) is 25.9. The number of hydrogen-bond acceptors (Lipinski definition) is 2. The molecule has 1 N–H and O–H groups in total. The molecule has 1 fully saturated rings. The zero-order chi connectivity index (χ0) is 16.2. The molecule has 120 valence electrons. The summed E-state index contributed by atoms with van der Waals surface area (Å²) in [6.45, 7) is 7.17. The average molecular weight is 302 g/mol. The molecule has 1 heterocycles. The summed E-state index contributed by atoms with van der Waals surface area (Å²) in [5.74, 6) is 0.471. The van der Waals surface area contributed by atoms with E-state index in [1.807, 2.05) is 31.7 Å². The van der Waals surface area contributed by atoms with Crippen LogP contribution in [0.5, 0.6) is 0 Å². The topological polar surface area (TPSA) is 49.4 Å². The third-order valence-electron chi connectivity index (χ3n) is 4.20. The number of carbonyl (C=O) groups is 2. The molecule has 1 aromatic carbocycles. The molecule has 1 aliphatic heterocycles. The van der Waals surface area contributed by atoms with Crippen molar-refractivity contribution in [2.24, 2.45) is 5.41 Å². The molecule has 1 aromatic rings. The first kappa shape index (κ1) is 16.5. The highest BCUT2D eigenvalue weighted by Crippen LogP contribution is 2.27. The van der Waals surface area contributed by atoms with Gasteiger partial charge in [0.1, 0.15) is 0 Å². The van der Waals surface area contributed by atoms with E-state index in [9.17, 15) is 9.59 Å². The molecule has 0 radical (unpaired) electrons. The second kappa shape index (κ2) is 6.95. The molecule has 4 heteroatoms. The predicted molar refractivity (Wildman–Crippen MR) is 87.5 cm³/mol. The average Bonchev–Trinajstić information content (AvgIpc) is 2.52. The molecule has 1 saturated heterocycles. The molecular weight excluding hydrogens is 276 g/mol. The van der Waals surface area contributed by atoms with E-state index < -0.39 is 5.41 Å². The quantitative estimate of drug-likeness (QED) is 0.933. The number of nitrogens with zero attached hydrogens (tertiary/aromatic N) is 1. The van der Waals surface area contributed by atoms with Crippen LogP contribution in [0.4, 0.5) is 0 Å². The highest BCUT2D eigenvalue weighted by molar-refractivity contribution is 5.87. The zero-order valence-electron chi connectivity index (χ0n) is 13.8. The van der Waals surface area contributed by atoms with Crippen molar-refractivity contribution in [2.75, 3.05) is 19.6 Å². The van der Waals surface area contributed by atoms with E-state index >= 15 is 0 Å². The molecule has 1 aliphatic rings.